The van der Waals surface area contributed by atoms with Gasteiger partial charge in [-0.05, 0) is 62.9 Å². The van der Waals surface area contributed by atoms with Crippen molar-refractivity contribution in [3.8, 4) is 0 Å². The van der Waals surface area contributed by atoms with E-state index in [1.165, 1.54) is 51.6 Å². The third-order valence-corrected chi connectivity index (χ3v) is 5.98. The highest BCUT2D eigenvalue weighted by Crippen LogP contribution is 2.40. The highest BCUT2D eigenvalue weighted by Gasteiger charge is 2.41. The van der Waals surface area contributed by atoms with Gasteiger partial charge in [0.2, 0.25) is 0 Å². The van der Waals surface area contributed by atoms with Crippen LogP contribution in [0.1, 0.15) is 66.2 Å². The van der Waals surface area contributed by atoms with Crippen LogP contribution >= 0.6 is 0 Å². The Morgan fingerprint density at radius 3 is 2.47 bits per heavy atom. The molecule has 0 amide bonds. The molecule has 2 fully saturated rings. The van der Waals surface area contributed by atoms with Crippen LogP contribution in [0.4, 0.5) is 0 Å². The lowest BCUT2D eigenvalue weighted by molar-refractivity contribution is 0.108. The highest BCUT2D eigenvalue weighted by atomic mass is 15.2. The summed E-state index contributed by atoms with van der Waals surface area (Å²) in [4.78, 5) is 2.83. The second-order valence-electron chi connectivity index (χ2n) is 7.08. The van der Waals surface area contributed by atoms with Crippen molar-refractivity contribution in [3.05, 3.63) is 0 Å². The highest BCUT2D eigenvalue weighted by molar-refractivity contribution is 4.96. The van der Waals surface area contributed by atoms with E-state index in [1.54, 1.807) is 0 Å². The number of nitrogens with one attached hydrogen (secondary N) is 1. The molecule has 1 N–H and O–H groups in total. The molecular weight excluding hydrogens is 232 g/mol. The van der Waals surface area contributed by atoms with Gasteiger partial charge < -0.3 is 5.32 Å². The lowest BCUT2D eigenvalue weighted by Crippen LogP contribution is -2.52. The van der Waals surface area contributed by atoms with Gasteiger partial charge in [0.1, 0.15) is 0 Å². The summed E-state index contributed by atoms with van der Waals surface area (Å²) in [5.41, 5.74) is 0.622. The maximum absolute atomic E-state index is 3.75. The van der Waals surface area contributed by atoms with Crippen LogP contribution < -0.4 is 5.32 Å². The number of rotatable bonds is 5. The third-order valence-electron chi connectivity index (χ3n) is 5.98. The summed E-state index contributed by atoms with van der Waals surface area (Å²) in [6.45, 7) is 13.3. The molecule has 0 bridgehead atoms. The maximum atomic E-state index is 3.75. The van der Waals surface area contributed by atoms with Gasteiger partial charge in [-0.2, -0.15) is 0 Å². The second-order valence-corrected chi connectivity index (χ2v) is 7.08. The first-order chi connectivity index (χ1) is 9.14. The molecule has 0 aromatic rings. The number of nitrogens with zero attached hydrogens (tertiary/aromatic N) is 1. The first kappa shape index (κ1) is 15.3. The summed E-state index contributed by atoms with van der Waals surface area (Å²) < 4.78 is 0. The molecule has 2 heteroatoms. The predicted molar refractivity (Wildman–Crippen MR) is 83.5 cm³/mol. The molecule has 1 aliphatic heterocycles. The number of likely N-dealkylation sites (tertiary alicyclic amines) is 1. The molecule has 19 heavy (non-hydrogen) atoms. The summed E-state index contributed by atoms with van der Waals surface area (Å²) >= 11 is 0. The van der Waals surface area contributed by atoms with E-state index in [1.807, 2.05) is 0 Å². The predicted octanol–water partition coefficient (Wildman–Crippen LogP) is 3.67. The van der Waals surface area contributed by atoms with Crippen LogP contribution in [-0.2, 0) is 0 Å². The Kier molecular flexibility index (Phi) is 5.30. The van der Waals surface area contributed by atoms with Gasteiger partial charge in [0.25, 0.3) is 0 Å². The zero-order valence-electron chi connectivity index (χ0n) is 13.5. The molecular formula is C17H34N2. The zero-order valence-corrected chi connectivity index (χ0v) is 13.5. The first-order valence-electron chi connectivity index (χ1n) is 8.61. The smallest absolute Gasteiger partial charge is 0.0252 e. The minimum atomic E-state index is 0.622. The van der Waals surface area contributed by atoms with Crippen molar-refractivity contribution in [1.82, 2.24) is 10.2 Å². The molecule has 2 rings (SSSR count). The summed E-state index contributed by atoms with van der Waals surface area (Å²) in [5.74, 6) is 0.915. The van der Waals surface area contributed by atoms with E-state index >= 15 is 0 Å². The van der Waals surface area contributed by atoms with E-state index < -0.39 is 0 Å². The molecule has 2 aliphatic rings. The lowest BCUT2D eigenvalue weighted by atomic mass is 9.80. The number of hydrogen-bond acceptors (Lipinski definition) is 2. The third kappa shape index (κ3) is 3.33. The standard InChI is InChI=1S/C17H34N2/c1-5-17(6-2)10-11-19(13-17)16-12-14(4)8-9-15(16)18-7-3/h14-16,18H,5-13H2,1-4H3. The largest absolute Gasteiger partial charge is 0.313 e. The minimum absolute atomic E-state index is 0.622. The molecule has 1 saturated heterocycles. The Bertz CT molecular complexity index is 272. The molecule has 0 aromatic heterocycles. The molecule has 1 heterocycles. The molecule has 1 aliphatic carbocycles. The fourth-order valence-corrected chi connectivity index (χ4v) is 4.33. The number of likely N-dealkylation sites (N-methyl/N-ethyl adjacent to an activating group) is 1. The van der Waals surface area contributed by atoms with Crippen molar-refractivity contribution < 1.29 is 0 Å². The van der Waals surface area contributed by atoms with Gasteiger partial charge >= 0.3 is 0 Å². The van der Waals surface area contributed by atoms with Crippen molar-refractivity contribution in [2.75, 3.05) is 19.6 Å². The zero-order chi connectivity index (χ0) is 13.9. The van der Waals surface area contributed by atoms with Gasteiger partial charge in [-0.1, -0.05) is 27.7 Å². The van der Waals surface area contributed by atoms with Crippen LogP contribution in [0.3, 0.4) is 0 Å². The van der Waals surface area contributed by atoms with E-state index in [0.29, 0.717) is 5.41 Å². The molecule has 0 spiro atoms. The molecule has 1 saturated carbocycles. The van der Waals surface area contributed by atoms with Crippen LogP contribution in [0.25, 0.3) is 0 Å². The minimum Gasteiger partial charge on any atom is -0.313 e. The second kappa shape index (κ2) is 6.58. The van der Waals surface area contributed by atoms with E-state index in [0.717, 1.165) is 24.5 Å². The van der Waals surface area contributed by atoms with E-state index in [9.17, 15) is 0 Å². The Morgan fingerprint density at radius 1 is 1.16 bits per heavy atom. The quantitative estimate of drug-likeness (QED) is 0.817. The van der Waals surface area contributed by atoms with Crippen LogP contribution in [-0.4, -0.2) is 36.6 Å². The van der Waals surface area contributed by atoms with Crippen LogP contribution in [0.15, 0.2) is 0 Å². The Morgan fingerprint density at radius 2 is 1.89 bits per heavy atom. The topological polar surface area (TPSA) is 15.3 Å². The van der Waals surface area contributed by atoms with Crippen LogP contribution in [0.5, 0.6) is 0 Å². The van der Waals surface area contributed by atoms with Crippen molar-refractivity contribution in [1.29, 1.82) is 0 Å². The molecule has 3 unspecified atom stereocenters. The number of hydrogen-bond donors (Lipinski definition) is 1. The van der Waals surface area contributed by atoms with E-state index in [4.69, 9.17) is 0 Å². The van der Waals surface area contributed by atoms with Gasteiger partial charge in [0, 0.05) is 18.6 Å². The summed E-state index contributed by atoms with van der Waals surface area (Å²) in [7, 11) is 0. The summed E-state index contributed by atoms with van der Waals surface area (Å²) in [5, 5.41) is 3.75. The molecule has 0 aromatic carbocycles. The van der Waals surface area contributed by atoms with E-state index in [2.05, 4.69) is 37.9 Å². The van der Waals surface area contributed by atoms with Gasteiger partial charge in [0.15, 0.2) is 0 Å². The van der Waals surface area contributed by atoms with Gasteiger partial charge in [-0.15, -0.1) is 0 Å². The summed E-state index contributed by atoms with van der Waals surface area (Å²) in [6, 6.07) is 1.54. The first-order valence-corrected chi connectivity index (χ1v) is 8.61. The summed E-state index contributed by atoms with van der Waals surface area (Å²) in [6.07, 6.45) is 8.32. The molecule has 3 atom stereocenters. The van der Waals surface area contributed by atoms with E-state index in [-0.39, 0.29) is 0 Å². The average molecular weight is 266 g/mol. The van der Waals surface area contributed by atoms with Gasteiger partial charge in [-0.25, -0.2) is 0 Å². The average Bonchev–Trinajstić information content (AvgIpc) is 2.86. The Balaban J connectivity index is 2.02. The van der Waals surface area contributed by atoms with Crippen molar-refractivity contribution >= 4 is 0 Å². The van der Waals surface area contributed by atoms with Crippen molar-refractivity contribution in [2.45, 2.75) is 78.3 Å². The molecule has 112 valence electrons. The lowest BCUT2D eigenvalue weighted by Gasteiger charge is -2.41. The maximum Gasteiger partial charge on any atom is 0.0252 e. The van der Waals surface area contributed by atoms with Gasteiger partial charge in [-0.3, -0.25) is 4.90 Å². The fourth-order valence-electron chi connectivity index (χ4n) is 4.33. The molecule has 2 nitrogen and oxygen atoms in total. The SMILES string of the molecule is CCNC1CCC(C)CC1N1CCC(CC)(CC)C1. The Hall–Kier alpha value is -0.0800. The molecule has 0 radical (unpaired) electrons. The Labute approximate surface area is 120 Å². The van der Waals surface area contributed by atoms with Crippen molar-refractivity contribution in [3.63, 3.8) is 0 Å². The van der Waals surface area contributed by atoms with Crippen LogP contribution in [0.2, 0.25) is 0 Å². The fraction of sp³-hybridized carbons (Fsp3) is 1.00. The normalized spacial score (nSPS) is 35.7. The van der Waals surface area contributed by atoms with Gasteiger partial charge in [0.05, 0.1) is 0 Å². The van der Waals surface area contributed by atoms with Crippen LogP contribution in [0, 0.1) is 11.3 Å². The van der Waals surface area contributed by atoms with Crippen molar-refractivity contribution in [2.24, 2.45) is 11.3 Å². The monoisotopic (exact) mass is 266 g/mol.